The summed E-state index contributed by atoms with van der Waals surface area (Å²) < 4.78 is 59.5. The normalized spacial score (nSPS) is 16.4. The van der Waals surface area contributed by atoms with E-state index in [0.29, 0.717) is 19.0 Å². The number of sulfonamides is 1. The van der Waals surface area contributed by atoms with Crippen LogP contribution in [0.5, 0.6) is 5.75 Å². The predicted octanol–water partition coefficient (Wildman–Crippen LogP) is 2.45. The Balaban J connectivity index is 2.01. The molecule has 1 N–H and O–H groups in total. The fraction of sp³-hybridized carbons (Fsp3) is 0.278. The van der Waals surface area contributed by atoms with Crippen molar-refractivity contribution in [2.45, 2.75) is 24.3 Å². The number of nitrogens with zero attached hydrogens (tertiary/aromatic N) is 1. The Kier molecular flexibility index (Phi) is 5.31. The van der Waals surface area contributed by atoms with Gasteiger partial charge in [0.15, 0.2) is 17.7 Å². The molecule has 1 aliphatic heterocycles. The van der Waals surface area contributed by atoms with E-state index in [0.717, 1.165) is 16.4 Å². The van der Waals surface area contributed by atoms with Crippen molar-refractivity contribution in [2.24, 2.45) is 0 Å². The number of hydrogen-bond donors (Lipinski definition) is 1. The van der Waals surface area contributed by atoms with Crippen LogP contribution in [0.4, 0.5) is 14.5 Å². The van der Waals surface area contributed by atoms with Gasteiger partial charge in [-0.1, -0.05) is 19.1 Å². The number of para-hydroxylation sites is 2. The molecule has 0 aliphatic carbocycles. The minimum absolute atomic E-state index is 0.214. The van der Waals surface area contributed by atoms with Gasteiger partial charge in [-0.15, -0.1) is 0 Å². The zero-order chi connectivity index (χ0) is 19.6. The van der Waals surface area contributed by atoms with E-state index in [1.54, 1.807) is 18.2 Å². The smallest absolute Gasteiger partial charge is 0.264 e. The lowest BCUT2D eigenvalue weighted by Gasteiger charge is -2.34. The standard InChI is InChI=1S/C18H18F2N2O4S/c1-2-9-21-18(23)17-11-22(15-5-3-4-6-16(15)26-17)27(24,25)12-7-8-13(19)14(20)10-12/h3-8,10,17H,2,9,11H2,1H3,(H,21,23)/t17-/m0/s1. The van der Waals surface area contributed by atoms with Gasteiger partial charge >= 0.3 is 0 Å². The molecule has 0 unspecified atom stereocenters. The Morgan fingerprint density at radius 2 is 1.96 bits per heavy atom. The van der Waals surface area contributed by atoms with Gasteiger partial charge in [0.2, 0.25) is 0 Å². The summed E-state index contributed by atoms with van der Waals surface area (Å²) in [5.74, 6) is -2.65. The topological polar surface area (TPSA) is 75.7 Å². The van der Waals surface area contributed by atoms with Crippen molar-refractivity contribution in [2.75, 3.05) is 17.4 Å². The van der Waals surface area contributed by atoms with Crippen molar-refractivity contribution in [1.82, 2.24) is 5.32 Å². The third kappa shape index (κ3) is 3.73. The van der Waals surface area contributed by atoms with Crippen molar-refractivity contribution in [1.29, 1.82) is 0 Å². The Morgan fingerprint density at radius 3 is 2.67 bits per heavy atom. The number of rotatable bonds is 5. The van der Waals surface area contributed by atoms with E-state index in [4.69, 9.17) is 4.74 Å². The van der Waals surface area contributed by atoms with Gasteiger partial charge in [-0.2, -0.15) is 0 Å². The molecule has 1 atom stereocenters. The van der Waals surface area contributed by atoms with Gasteiger partial charge in [0.05, 0.1) is 17.1 Å². The molecule has 1 heterocycles. The summed E-state index contributed by atoms with van der Waals surface area (Å²) in [6.07, 6.45) is -0.349. The summed E-state index contributed by atoms with van der Waals surface area (Å²) in [5, 5.41) is 2.67. The molecule has 0 saturated heterocycles. The average molecular weight is 396 g/mol. The highest BCUT2D eigenvalue weighted by atomic mass is 32.2. The SMILES string of the molecule is CCCNC(=O)[C@@H]1CN(S(=O)(=O)c2ccc(F)c(F)c2)c2ccccc2O1. The molecule has 0 radical (unpaired) electrons. The number of anilines is 1. The maximum absolute atomic E-state index is 13.6. The van der Waals surface area contributed by atoms with Crippen LogP contribution < -0.4 is 14.4 Å². The second-order valence-corrected chi connectivity index (χ2v) is 7.84. The zero-order valence-electron chi connectivity index (χ0n) is 14.5. The highest BCUT2D eigenvalue weighted by molar-refractivity contribution is 7.92. The fourth-order valence-electron chi connectivity index (χ4n) is 2.69. The van der Waals surface area contributed by atoms with E-state index in [-0.39, 0.29) is 18.0 Å². The van der Waals surface area contributed by atoms with Crippen molar-refractivity contribution < 1.29 is 26.7 Å². The van der Waals surface area contributed by atoms with Crippen molar-refractivity contribution in [3.05, 3.63) is 54.1 Å². The molecule has 2 aromatic rings. The lowest BCUT2D eigenvalue weighted by Crippen LogP contribution is -2.50. The van der Waals surface area contributed by atoms with Crippen LogP contribution in [-0.2, 0) is 14.8 Å². The summed E-state index contributed by atoms with van der Waals surface area (Å²) in [6, 6.07) is 8.68. The van der Waals surface area contributed by atoms with Crippen LogP contribution in [0.15, 0.2) is 47.4 Å². The van der Waals surface area contributed by atoms with Gasteiger partial charge in [0, 0.05) is 6.54 Å². The van der Waals surface area contributed by atoms with E-state index in [9.17, 15) is 22.0 Å². The Hall–Kier alpha value is -2.68. The summed E-state index contributed by atoms with van der Waals surface area (Å²) >= 11 is 0. The Labute approximate surface area is 155 Å². The van der Waals surface area contributed by atoms with Crippen LogP contribution in [0.25, 0.3) is 0 Å². The van der Waals surface area contributed by atoms with Crippen molar-refractivity contribution in [3.63, 3.8) is 0 Å². The van der Waals surface area contributed by atoms with Gasteiger partial charge in [-0.3, -0.25) is 9.10 Å². The summed E-state index contributed by atoms with van der Waals surface area (Å²) in [7, 11) is -4.23. The van der Waals surface area contributed by atoms with Crippen LogP contribution in [0.3, 0.4) is 0 Å². The first-order valence-corrected chi connectivity index (χ1v) is 9.79. The number of fused-ring (bicyclic) bond motifs is 1. The van der Waals surface area contributed by atoms with Crippen LogP contribution in [-0.4, -0.2) is 33.5 Å². The van der Waals surface area contributed by atoms with Crippen LogP contribution in [0.1, 0.15) is 13.3 Å². The Morgan fingerprint density at radius 1 is 1.22 bits per heavy atom. The second-order valence-electron chi connectivity index (χ2n) is 5.98. The number of nitrogens with one attached hydrogen (secondary N) is 1. The molecule has 9 heteroatoms. The number of hydrogen-bond acceptors (Lipinski definition) is 4. The first kappa shape index (κ1) is 19.1. The molecule has 0 spiro atoms. The lowest BCUT2D eigenvalue weighted by atomic mass is 10.2. The maximum atomic E-state index is 13.6. The highest BCUT2D eigenvalue weighted by Gasteiger charge is 2.37. The summed E-state index contributed by atoms with van der Waals surface area (Å²) in [4.78, 5) is 11.9. The lowest BCUT2D eigenvalue weighted by molar-refractivity contribution is -0.127. The number of amides is 1. The molecule has 2 aromatic carbocycles. The molecule has 0 aromatic heterocycles. The third-order valence-electron chi connectivity index (χ3n) is 4.06. The van der Waals surface area contributed by atoms with E-state index in [1.807, 2.05) is 6.92 Å². The summed E-state index contributed by atoms with van der Waals surface area (Å²) in [5.41, 5.74) is 0.224. The number of halogens is 2. The minimum Gasteiger partial charge on any atom is -0.476 e. The van der Waals surface area contributed by atoms with Crippen LogP contribution in [0, 0.1) is 11.6 Å². The molecule has 144 valence electrons. The van der Waals surface area contributed by atoms with E-state index < -0.39 is 38.6 Å². The first-order chi connectivity index (χ1) is 12.8. The molecule has 6 nitrogen and oxygen atoms in total. The van der Waals surface area contributed by atoms with E-state index in [2.05, 4.69) is 5.32 Å². The predicted molar refractivity (Wildman–Crippen MR) is 95.0 cm³/mol. The number of carbonyl (C=O) groups excluding carboxylic acids is 1. The molecule has 3 rings (SSSR count). The molecule has 0 saturated carbocycles. The van der Waals surface area contributed by atoms with Gasteiger partial charge in [-0.05, 0) is 36.8 Å². The van der Waals surface area contributed by atoms with Crippen LogP contribution in [0.2, 0.25) is 0 Å². The number of carbonyl (C=O) groups is 1. The minimum atomic E-state index is -4.23. The van der Waals surface area contributed by atoms with Gasteiger partial charge < -0.3 is 10.1 Å². The average Bonchev–Trinajstić information content (AvgIpc) is 2.67. The van der Waals surface area contributed by atoms with E-state index >= 15 is 0 Å². The highest BCUT2D eigenvalue weighted by Crippen LogP contribution is 2.36. The first-order valence-electron chi connectivity index (χ1n) is 8.35. The molecule has 27 heavy (non-hydrogen) atoms. The van der Waals surface area contributed by atoms with Crippen LogP contribution >= 0.6 is 0 Å². The van der Waals surface area contributed by atoms with Crippen molar-refractivity contribution >= 4 is 21.6 Å². The van der Waals surface area contributed by atoms with Crippen molar-refractivity contribution in [3.8, 4) is 5.75 Å². The summed E-state index contributed by atoms with van der Waals surface area (Å²) in [6.45, 7) is 2.03. The molecule has 1 aliphatic rings. The molecule has 1 amide bonds. The molecule has 0 bridgehead atoms. The van der Waals surface area contributed by atoms with Gasteiger partial charge in [0.1, 0.15) is 5.75 Å². The zero-order valence-corrected chi connectivity index (χ0v) is 15.3. The maximum Gasteiger partial charge on any atom is 0.264 e. The number of benzene rings is 2. The molecular formula is C18H18F2N2O4S. The second kappa shape index (κ2) is 7.51. The Bertz CT molecular complexity index is 966. The quantitative estimate of drug-likeness (QED) is 0.842. The fourth-order valence-corrected chi connectivity index (χ4v) is 4.18. The van der Waals surface area contributed by atoms with E-state index in [1.165, 1.54) is 6.07 Å². The molecule has 0 fully saturated rings. The van der Waals surface area contributed by atoms with Gasteiger partial charge in [0.25, 0.3) is 15.9 Å². The third-order valence-corrected chi connectivity index (χ3v) is 5.83. The monoisotopic (exact) mass is 396 g/mol. The largest absolute Gasteiger partial charge is 0.476 e. The molecular weight excluding hydrogens is 378 g/mol. The number of ether oxygens (including phenoxy) is 1. The van der Waals surface area contributed by atoms with Gasteiger partial charge in [-0.25, -0.2) is 17.2 Å².